The van der Waals surface area contributed by atoms with E-state index in [1.165, 1.54) is 51.5 Å². The molecule has 0 aromatic rings. The fraction of sp³-hybridized carbons (Fsp3) is 1.00. The van der Waals surface area contributed by atoms with Crippen LogP contribution in [0, 0.1) is 11.3 Å². The highest BCUT2D eigenvalue weighted by molar-refractivity contribution is 4.79. The molecule has 1 nitrogen and oxygen atoms in total. The Kier molecular flexibility index (Phi) is 5.82. The van der Waals surface area contributed by atoms with Crippen LogP contribution in [0.3, 0.4) is 0 Å². The average molecular weight is 225 g/mol. The minimum absolute atomic E-state index is 0.462. The van der Waals surface area contributed by atoms with Crippen molar-refractivity contribution >= 4 is 0 Å². The Labute approximate surface area is 102 Å². The Bertz CT molecular complexity index is 174. The van der Waals surface area contributed by atoms with Gasteiger partial charge >= 0.3 is 0 Å². The molecule has 1 rings (SSSR count). The van der Waals surface area contributed by atoms with Gasteiger partial charge in [-0.05, 0) is 37.1 Å². The van der Waals surface area contributed by atoms with Crippen LogP contribution < -0.4 is 5.32 Å². The third kappa shape index (κ3) is 5.89. The second-order valence-electron chi connectivity index (χ2n) is 6.80. The summed E-state index contributed by atoms with van der Waals surface area (Å²) in [5, 5.41) is 3.75. The third-order valence-corrected chi connectivity index (χ3v) is 3.63. The van der Waals surface area contributed by atoms with Crippen molar-refractivity contribution in [2.45, 2.75) is 78.7 Å². The van der Waals surface area contributed by atoms with E-state index >= 15 is 0 Å². The van der Waals surface area contributed by atoms with E-state index in [0.29, 0.717) is 5.41 Å². The van der Waals surface area contributed by atoms with Crippen molar-refractivity contribution in [1.82, 2.24) is 5.32 Å². The molecule has 0 heterocycles. The van der Waals surface area contributed by atoms with Gasteiger partial charge in [-0.2, -0.15) is 0 Å². The van der Waals surface area contributed by atoms with Gasteiger partial charge in [-0.25, -0.2) is 0 Å². The second kappa shape index (κ2) is 6.64. The second-order valence-corrected chi connectivity index (χ2v) is 6.80. The van der Waals surface area contributed by atoms with Gasteiger partial charge < -0.3 is 5.32 Å². The number of nitrogens with one attached hydrogen (secondary N) is 1. The summed E-state index contributed by atoms with van der Waals surface area (Å²) in [6.45, 7) is 10.5. The maximum atomic E-state index is 3.75. The van der Waals surface area contributed by atoms with Gasteiger partial charge in [0.15, 0.2) is 0 Å². The van der Waals surface area contributed by atoms with Crippen molar-refractivity contribution in [3.05, 3.63) is 0 Å². The predicted molar refractivity (Wildman–Crippen MR) is 72.7 cm³/mol. The Morgan fingerprint density at radius 3 is 2.31 bits per heavy atom. The molecule has 1 aliphatic rings. The van der Waals surface area contributed by atoms with Gasteiger partial charge in [0, 0.05) is 6.04 Å². The van der Waals surface area contributed by atoms with E-state index in [1.54, 1.807) is 0 Å². The van der Waals surface area contributed by atoms with Crippen LogP contribution in [0.1, 0.15) is 72.6 Å². The Hall–Kier alpha value is -0.0400. The normalized spacial score (nSPS) is 20.2. The molecule has 1 fully saturated rings. The highest BCUT2D eigenvalue weighted by Crippen LogP contribution is 2.31. The van der Waals surface area contributed by atoms with Gasteiger partial charge in [-0.15, -0.1) is 0 Å². The highest BCUT2D eigenvalue weighted by Gasteiger charge is 2.23. The van der Waals surface area contributed by atoms with Crippen LogP contribution in [0.4, 0.5) is 0 Å². The van der Waals surface area contributed by atoms with Gasteiger partial charge in [0.25, 0.3) is 0 Å². The summed E-state index contributed by atoms with van der Waals surface area (Å²) in [5.74, 6) is 1.01. The lowest BCUT2D eigenvalue weighted by molar-refractivity contribution is 0.272. The molecule has 0 bridgehead atoms. The average Bonchev–Trinajstić information content (AvgIpc) is 2.64. The van der Waals surface area contributed by atoms with Crippen molar-refractivity contribution in [3.63, 3.8) is 0 Å². The Morgan fingerprint density at radius 1 is 1.19 bits per heavy atom. The minimum atomic E-state index is 0.462. The number of hydrogen-bond donors (Lipinski definition) is 1. The fourth-order valence-corrected chi connectivity index (χ4v) is 2.97. The molecule has 96 valence electrons. The van der Waals surface area contributed by atoms with Gasteiger partial charge in [0.1, 0.15) is 0 Å². The van der Waals surface area contributed by atoms with Crippen LogP contribution in [-0.4, -0.2) is 12.6 Å². The van der Waals surface area contributed by atoms with Gasteiger partial charge in [0.2, 0.25) is 0 Å². The first-order valence-corrected chi connectivity index (χ1v) is 7.24. The summed E-state index contributed by atoms with van der Waals surface area (Å²) in [7, 11) is 0. The molecule has 0 radical (unpaired) electrons. The van der Waals surface area contributed by atoms with Gasteiger partial charge in [-0.3, -0.25) is 0 Å². The smallest absolute Gasteiger partial charge is 0.00746 e. The van der Waals surface area contributed by atoms with Crippen LogP contribution in [0.25, 0.3) is 0 Å². The molecule has 0 aromatic carbocycles. The summed E-state index contributed by atoms with van der Waals surface area (Å²) < 4.78 is 0. The molecular formula is C15H31N. The fourth-order valence-electron chi connectivity index (χ4n) is 2.97. The SMILES string of the molecule is CCCNC(CC1CCCC1)CC(C)(C)C. The van der Waals surface area contributed by atoms with E-state index in [-0.39, 0.29) is 0 Å². The van der Waals surface area contributed by atoms with Crippen LogP contribution in [0.5, 0.6) is 0 Å². The van der Waals surface area contributed by atoms with Crippen LogP contribution in [0.15, 0.2) is 0 Å². The van der Waals surface area contributed by atoms with Crippen LogP contribution in [0.2, 0.25) is 0 Å². The third-order valence-electron chi connectivity index (χ3n) is 3.63. The molecule has 0 aliphatic heterocycles. The van der Waals surface area contributed by atoms with E-state index < -0.39 is 0 Å². The molecule has 0 saturated heterocycles. The first kappa shape index (κ1) is 14.0. The van der Waals surface area contributed by atoms with E-state index in [9.17, 15) is 0 Å². The molecule has 0 spiro atoms. The molecule has 1 saturated carbocycles. The number of rotatable bonds is 6. The molecule has 16 heavy (non-hydrogen) atoms. The molecule has 1 N–H and O–H groups in total. The van der Waals surface area contributed by atoms with E-state index in [2.05, 4.69) is 33.0 Å². The van der Waals surface area contributed by atoms with E-state index in [4.69, 9.17) is 0 Å². The van der Waals surface area contributed by atoms with Crippen molar-refractivity contribution in [2.24, 2.45) is 11.3 Å². The van der Waals surface area contributed by atoms with Crippen molar-refractivity contribution in [1.29, 1.82) is 0 Å². The van der Waals surface area contributed by atoms with Crippen molar-refractivity contribution in [3.8, 4) is 0 Å². The predicted octanol–water partition coefficient (Wildman–Crippen LogP) is 4.37. The van der Waals surface area contributed by atoms with Crippen LogP contribution >= 0.6 is 0 Å². The first-order valence-electron chi connectivity index (χ1n) is 7.24. The standard InChI is InChI=1S/C15H31N/c1-5-10-16-14(12-15(2,3)4)11-13-8-6-7-9-13/h13-14,16H,5-12H2,1-4H3. The summed E-state index contributed by atoms with van der Waals surface area (Å²) in [6.07, 6.45) is 9.90. The van der Waals surface area contributed by atoms with Crippen molar-refractivity contribution < 1.29 is 0 Å². The molecule has 1 unspecified atom stereocenters. The lowest BCUT2D eigenvalue weighted by Crippen LogP contribution is -2.35. The quantitative estimate of drug-likeness (QED) is 0.708. The van der Waals surface area contributed by atoms with Crippen LogP contribution in [-0.2, 0) is 0 Å². The Morgan fingerprint density at radius 2 is 1.81 bits per heavy atom. The monoisotopic (exact) mass is 225 g/mol. The zero-order valence-corrected chi connectivity index (χ0v) is 11.8. The van der Waals surface area contributed by atoms with Crippen molar-refractivity contribution in [2.75, 3.05) is 6.54 Å². The zero-order valence-electron chi connectivity index (χ0n) is 11.8. The topological polar surface area (TPSA) is 12.0 Å². The highest BCUT2D eigenvalue weighted by atomic mass is 14.9. The molecule has 0 amide bonds. The summed E-state index contributed by atoms with van der Waals surface area (Å²) >= 11 is 0. The van der Waals surface area contributed by atoms with E-state index in [0.717, 1.165) is 12.0 Å². The summed E-state index contributed by atoms with van der Waals surface area (Å²) in [4.78, 5) is 0. The van der Waals surface area contributed by atoms with E-state index in [1.807, 2.05) is 0 Å². The lowest BCUT2D eigenvalue weighted by Gasteiger charge is -2.28. The van der Waals surface area contributed by atoms with Gasteiger partial charge in [0.05, 0.1) is 0 Å². The maximum absolute atomic E-state index is 3.75. The zero-order chi connectivity index (χ0) is 12.0. The molecular weight excluding hydrogens is 194 g/mol. The Balaban J connectivity index is 2.35. The minimum Gasteiger partial charge on any atom is -0.314 e. The largest absolute Gasteiger partial charge is 0.314 e. The molecule has 0 aromatic heterocycles. The first-order chi connectivity index (χ1) is 7.51. The van der Waals surface area contributed by atoms with Gasteiger partial charge in [-0.1, -0.05) is 53.4 Å². The summed E-state index contributed by atoms with van der Waals surface area (Å²) in [6, 6.07) is 0.753. The molecule has 1 heteroatoms. The molecule has 1 aliphatic carbocycles. The lowest BCUT2D eigenvalue weighted by atomic mass is 9.84. The summed E-state index contributed by atoms with van der Waals surface area (Å²) in [5.41, 5.74) is 0.462. The number of hydrogen-bond acceptors (Lipinski definition) is 1. The molecule has 1 atom stereocenters. The maximum Gasteiger partial charge on any atom is 0.00746 e.